The molecule has 0 saturated carbocycles. The normalized spacial score (nSPS) is 23.1. The number of likely N-dealkylation sites (N-methyl/N-ethyl adjacent to an activating group) is 2. The van der Waals surface area contributed by atoms with E-state index in [0.717, 1.165) is 44.5 Å². The second-order valence-electron chi connectivity index (χ2n) is 21.1. The van der Waals surface area contributed by atoms with Gasteiger partial charge in [-0.1, -0.05) is 53.7 Å². The molecular weight excluding hydrogens is 897 g/mol. The first kappa shape index (κ1) is 50.0. The van der Waals surface area contributed by atoms with Gasteiger partial charge in [0.05, 0.1) is 18.0 Å². The average Bonchev–Trinajstić information content (AvgIpc) is 4.00. The fourth-order valence-electron chi connectivity index (χ4n) is 10.7. The summed E-state index contributed by atoms with van der Waals surface area (Å²) >= 11 is 0. The first-order valence-electron chi connectivity index (χ1n) is 24.6. The number of esters is 1. The molecule has 3 amide bonds. The molecule has 372 valence electrons. The number of piperidine rings is 1. The zero-order valence-corrected chi connectivity index (χ0v) is 42.4. The van der Waals surface area contributed by atoms with Crippen molar-refractivity contribution < 1.29 is 37.4 Å². The van der Waals surface area contributed by atoms with Crippen LogP contribution in [0.25, 0.3) is 33.3 Å². The topological polar surface area (TPSA) is 186 Å². The maximum Gasteiger partial charge on any atom is 0.324 e. The Balaban J connectivity index is 1.15. The molecule has 6 heterocycles. The number of cyclic esters (lactones) is 1. The van der Waals surface area contributed by atoms with E-state index >= 15 is 0 Å². The van der Waals surface area contributed by atoms with Crippen molar-refractivity contribution in [3.63, 3.8) is 0 Å². The number of aryl methyl sites for hydroxylation is 1. The van der Waals surface area contributed by atoms with Crippen molar-refractivity contribution >= 4 is 44.6 Å². The SMILES string of the molecule is CCn1c(-c2cccnc2C(C)C)c2c3cc(ccc31)-c1cc(O)cc(c1)C[C@H](NC(=O)[C@H](C(C)C)N(C)C(=O)C1CCN(S(=O)(=O)[C@@H]3CN3C)CC1)C(=O)N1CCC[C@H](N1)C(=O)OCC(C)(C)C2. The monoisotopic (exact) mass is 967 g/mol. The molecule has 17 heteroatoms. The lowest BCUT2D eigenvalue weighted by molar-refractivity contribution is -0.155. The molecule has 1 unspecified atom stereocenters. The number of phenolic OH excluding ortho intramolecular Hbond substituents is 1. The molecule has 3 N–H and O–H groups in total. The van der Waals surface area contributed by atoms with Gasteiger partial charge >= 0.3 is 5.97 Å². The van der Waals surface area contributed by atoms with Gasteiger partial charge in [0.15, 0.2) is 0 Å². The van der Waals surface area contributed by atoms with E-state index in [1.807, 2.05) is 38.2 Å². The van der Waals surface area contributed by atoms with Crippen LogP contribution >= 0.6 is 0 Å². The maximum absolute atomic E-state index is 14.8. The molecule has 2 aromatic heterocycles. The van der Waals surface area contributed by atoms with Gasteiger partial charge in [0, 0.05) is 80.2 Å². The predicted octanol–water partition coefficient (Wildman–Crippen LogP) is 5.66. The van der Waals surface area contributed by atoms with Gasteiger partial charge in [0.25, 0.3) is 5.91 Å². The van der Waals surface area contributed by atoms with Crippen LogP contribution in [0.3, 0.4) is 0 Å². The zero-order chi connectivity index (χ0) is 49.7. The van der Waals surface area contributed by atoms with Crippen LogP contribution in [-0.2, 0) is 53.3 Å². The number of rotatable bonds is 10. The number of carbonyl (C=O) groups is 4. The van der Waals surface area contributed by atoms with Gasteiger partial charge in [-0.3, -0.25) is 34.1 Å². The summed E-state index contributed by atoms with van der Waals surface area (Å²) in [5.41, 5.74) is 10.0. The molecule has 5 atom stereocenters. The van der Waals surface area contributed by atoms with Crippen LogP contribution in [0.1, 0.15) is 96.9 Å². The standard InChI is InChI=1S/C52H70N8O8S/c1-10-59-43-16-15-35-27-39(43)40(47(59)38-13-11-19-53-45(38)31(2)3)28-52(6,7)30-68-51(65)41-14-12-20-60(55-41)50(64)42(25-33-23-36(35)26-37(61)24-33)54-48(62)46(32(4)5)57(9)49(63)34-17-21-58(22-18-34)69(66,67)44-29-56(44)8/h11,13,15-16,19,23-24,26-27,31-32,34,41-42,44,46,55,61H,10,12,14,17-18,20-22,25,28-30H2,1-9H3,(H,54,62)/t41-,42-,44+,46-,56?/m0/s1. The number of hydrogen-bond acceptors (Lipinski definition) is 11. The molecule has 0 radical (unpaired) electrons. The van der Waals surface area contributed by atoms with Crippen LogP contribution in [0.15, 0.2) is 54.7 Å². The number of fused-ring (bicyclic) bond motifs is 6. The highest BCUT2D eigenvalue weighted by Crippen LogP contribution is 2.42. The van der Waals surface area contributed by atoms with E-state index in [9.17, 15) is 32.7 Å². The van der Waals surface area contributed by atoms with E-state index < -0.39 is 62.6 Å². The third-order valence-corrected chi connectivity index (χ3v) is 16.7. The number of sulfonamides is 1. The Morgan fingerprint density at radius 1 is 1.01 bits per heavy atom. The molecule has 2 aromatic carbocycles. The summed E-state index contributed by atoms with van der Waals surface area (Å²) < 4.78 is 36.1. The summed E-state index contributed by atoms with van der Waals surface area (Å²) in [6, 6.07) is 12.7. The largest absolute Gasteiger partial charge is 0.508 e. The molecule has 4 aliphatic rings. The van der Waals surface area contributed by atoms with Crippen LogP contribution in [0, 0.1) is 17.3 Å². The first-order chi connectivity index (χ1) is 32.7. The molecule has 0 aliphatic carbocycles. The van der Waals surface area contributed by atoms with Crippen LogP contribution in [0.5, 0.6) is 5.75 Å². The van der Waals surface area contributed by atoms with Crippen LogP contribution in [0.2, 0.25) is 0 Å². The van der Waals surface area contributed by atoms with Gasteiger partial charge in [-0.05, 0) is 117 Å². The van der Waals surface area contributed by atoms with Gasteiger partial charge in [0.2, 0.25) is 21.8 Å². The minimum absolute atomic E-state index is 0.00747. The maximum atomic E-state index is 14.8. The molecule has 6 bridgehead atoms. The van der Waals surface area contributed by atoms with Gasteiger partial charge in [-0.25, -0.2) is 18.1 Å². The van der Waals surface area contributed by atoms with Crippen molar-refractivity contribution in [2.24, 2.45) is 17.3 Å². The van der Waals surface area contributed by atoms with Crippen molar-refractivity contribution in [2.45, 2.75) is 123 Å². The summed E-state index contributed by atoms with van der Waals surface area (Å²) in [7, 11) is -0.126. The number of nitrogens with one attached hydrogen (secondary N) is 2. The van der Waals surface area contributed by atoms with E-state index in [-0.39, 0.29) is 56.2 Å². The lowest BCUT2D eigenvalue weighted by Crippen LogP contribution is -2.62. The number of carbonyl (C=O) groups excluding carboxylic acids is 4. The fourth-order valence-corrected chi connectivity index (χ4v) is 12.7. The Hall–Kier alpha value is -5.36. The molecular formula is C52H70N8O8S. The third kappa shape index (κ3) is 10.3. The van der Waals surface area contributed by atoms with Crippen LogP contribution in [0.4, 0.5) is 0 Å². The number of benzene rings is 2. The Bertz CT molecular complexity index is 2730. The Kier molecular flexibility index (Phi) is 14.4. The summed E-state index contributed by atoms with van der Waals surface area (Å²) in [4.78, 5) is 65.6. The summed E-state index contributed by atoms with van der Waals surface area (Å²) in [5, 5.41) is 16.3. The predicted molar refractivity (Wildman–Crippen MR) is 265 cm³/mol. The number of ether oxygens (including phenoxy) is 1. The number of amides is 3. The average molecular weight is 967 g/mol. The van der Waals surface area contributed by atoms with Crippen molar-refractivity contribution in [1.82, 2.24) is 39.4 Å². The van der Waals surface area contributed by atoms with E-state index in [0.29, 0.717) is 50.8 Å². The van der Waals surface area contributed by atoms with E-state index in [4.69, 9.17) is 9.72 Å². The molecule has 4 aromatic rings. The summed E-state index contributed by atoms with van der Waals surface area (Å²) in [6.45, 7) is 16.3. The second-order valence-corrected chi connectivity index (χ2v) is 23.2. The van der Waals surface area contributed by atoms with Crippen molar-refractivity contribution in [3.05, 3.63) is 71.5 Å². The van der Waals surface area contributed by atoms with Crippen LogP contribution in [-0.4, -0.2) is 136 Å². The molecule has 8 rings (SSSR count). The van der Waals surface area contributed by atoms with Gasteiger partial charge in [0.1, 0.15) is 29.2 Å². The summed E-state index contributed by atoms with van der Waals surface area (Å²) in [5.74, 6) is -2.43. The third-order valence-electron chi connectivity index (χ3n) is 14.5. The zero-order valence-electron chi connectivity index (χ0n) is 41.6. The number of hydrazine groups is 1. The lowest BCUT2D eigenvalue weighted by Gasteiger charge is -2.38. The molecule has 69 heavy (non-hydrogen) atoms. The molecule has 3 fully saturated rings. The summed E-state index contributed by atoms with van der Waals surface area (Å²) in [6.07, 6.45) is 4.00. The van der Waals surface area contributed by atoms with Crippen LogP contribution < -0.4 is 10.7 Å². The highest BCUT2D eigenvalue weighted by Gasteiger charge is 2.47. The highest BCUT2D eigenvalue weighted by atomic mass is 32.2. The van der Waals surface area contributed by atoms with E-state index in [1.54, 1.807) is 31.1 Å². The lowest BCUT2D eigenvalue weighted by atomic mass is 9.83. The second kappa shape index (κ2) is 19.8. The quantitative estimate of drug-likeness (QED) is 0.132. The Morgan fingerprint density at radius 3 is 2.41 bits per heavy atom. The first-order valence-corrected chi connectivity index (χ1v) is 26.1. The molecule has 4 aliphatic heterocycles. The number of nitrogens with zero attached hydrogens (tertiary/aromatic N) is 6. The fraction of sp³-hybridized carbons (Fsp3) is 0.558. The van der Waals surface area contributed by atoms with E-state index in [2.05, 4.69) is 68.1 Å². The molecule has 0 spiro atoms. The number of hydrogen-bond donors (Lipinski definition) is 3. The minimum Gasteiger partial charge on any atom is -0.508 e. The molecule has 16 nitrogen and oxygen atoms in total. The van der Waals surface area contributed by atoms with Gasteiger partial charge in [-0.15, -0.1) is 0 Å². The Labute approximate surface area is 406 Å². The number of pyridine rings is 1. The smallest absolute Gasteiger partial charge is 0.324 e. The van der Waals surface area contributed by atoms with E-state index in [1.165, 1.54) is 14.2 Å². The van der Waals surface area contributed by atoms with Crippen molar-refractivity contribution in [1.29, 1.82) is 0 Å². The van der Waals surface area contributed by atoms with Crippen molar-refractivity contribution in [3.8, 4) is 28.1 Å². The van der Waals surface area contributed by atoms with Crippen molar-refractivity contribution in [2.75, 3.05) is 46.9 Å². The Morgan fingerprint density at radius 2 is 1.74 bits per heavy atom. The number of phenols is 1. The van der Waals surface area contributed by atoms with Gasteiger partial charge in [-0.2, -0.15) is 0 Å². The highest BCUT2D eigenvalue weighted by molar-refractivity contribution is 7.90. The number of aromatic hydroxyl groups is 1. The number of aromatic nitrogens is 2. The minimum atomic E-state index is -3.48. The van der Waals surface area contributed by atoms with Gasteiger partial charge < -0.3 is 24.6 Å². The molecule has 3 saturated heterocycles.